The zero-order valence-corrected chi connectivity index (χ0v) is 25.7. The fraction of sp³-hybridized carbons (Fsp3) is 0.211. The maximum absolute atomic E-state index is 15.8. The van der Waals surface area contributed by atoms with E-state index in [1.165, 1.54) is 68.8 Å². The number of hydrogen-bond donors (Lipinski definition) is 0. The van der Waals surface area contributed by atoms with Crippen LogP contribution in [0, 0.1) is 0 Å². The van der Waals surface area contributed by atoms with E-state index in [0.29, 0.717) is 33.6 Å². The van der Waals surface area contributed by atoms with Crippen LogP contribution in [-0.2, 0) is 11.0 Å². The highest BCUT2D eigenvalue weighted by molar-refractivity contribution is 6.10. The molecule has 0 spiro atoms. The number of rotatable bonds is 4. The van der Waals surface area contributed by atoms with E-state index in [9.17, 15) is 0 Å². The molecule has 0 aromatic heterocycles. The Kier molecular flexibility index (Phi) is 6.73. The van der Waals surface area contributed by atoms with E-state index in [1.807, 2.05) is 0 Å². The number of benzene rings is 5. The molecule has 0 bridgehead atoms. The van der Waals surface area contributed by atoms with E-state index in [1.54, 1.807) is 56.3 Å². The second-order valence-electron chi connectivity index (χ2n) is 12.2. The molecule has 47 heavy (non-hydrogen) atoms. The summed E-state index contributed by atoms with van der Waals surface area (Å²) in [7, 11) is 2.80. The van der Waals surface area contributed by atoms with Crippen molar-refractivity contribution in [2.45, 2.75) is 37.2 Å². The number of ether oxygens (including phenoxy) is 3. The summed E-state index contributed by atoms with van der Waals surface area (Å²) < 4.78 is 112. The van der Waals surface area contributed by atoms with Gasteiger partial charge < -0.3 is 14.2 Å². The van der Waals surface area contributed by atoms with Crippen molar-refractivity contribution in [3.05, 3.63) is 130 Å². The quantitative estimate of drug-likeness (QED) is 0.182. The summed E-state index contributed by atoms with van der Waals surface area (Å²) in [6, 6.07) is 24.7. The highest BCUT2D eigenvalue weighted by Gasteiger charge is 2.62. The van der Waals surface area contributed by atoms with Crippen molar-refractivity contribution in [2.24, 2.45) is 0 Å². The van der Waals surface area contributed by atoms with Crippen molar-refractivity contribution in [1.29, 1.82) is 0 Å². The van der Waals surface area contributed by atoms with Gasteiger partial charge in [-0.15, -0.1) is 0 Å². The van der Waals surface area contributed by atoms with Gasteiger partial charge in [-0.05, 0) is 58.0 Å². The third-order valence-corrected chi connectivity index (χ3v) is 9.31. The Morgan fingerprint density at radius 2 is 1.21 bits per heavy atom. The lowest BCUT2D eigenvalue weighted by Crippen LogP contribution is -2.47. The van der Waals surface area contributed by atoms with Crippen molar-refractivity contribution in [2.75, 3.05) is 14.2 Å². The predicted molar refractivity (Wildman–Crippen MR) is 168 cm³/mol. The summed E-state index contributed by atoms with van der Waals surface area (Å²) in [6.45, 7) is 3.47. The molecule has 9 heteroatoms. The topological polar surface area (TPSA) is 27.7 Å². The average Bonchev–Trinajstić information content (AvgIpc) is 3.30. The Hall–Kier alpha value is -4.92. The first-order chi connectivity index (χ1) is 22.2. The lowest BCUT2D eigenvalue weighted by atomic mass is 9.70. The molecular weight excluding hydrogens is 618 g/mol. The molecule has 0 N–H and O–H groups in total. The monoisotopic (exact) mass is 646 g/mol. The van der Waals surface area contributed by atoms with E-state index < -0.39 is 40.1 Å². The fourth-order valence-corrected chi connectivity index (χ4v) is 7.40. The van der Waals surface area contributed by atoms with Gasteiger partial charge in [-0.1, -0.05) is 80.6 Å². The van der Waals surface area contributed by atoms with Crippen LogP contribution in [-0.4, -0.2) is 26.6 Å². The minimum Gasteiger partial charge on any atom is -0.497 e. The van der Waals surface area contributed by atoms with Gasteiger partial charge in [-0.25, -0.2) is 0 Å². The maximum Gasteiger partial charge on any atom is 0.417 e. The van der Waals surface area contributed by atoms with Crippen molar-refractivity contribution in [1.82, 2.24) is 0 Å². The first kappa shape index (κ1) is 30.7. The number of alkyl halides is 6. The van der Waals surface area contributed by atoms with E-state index in [4.69, 9.17) is 14.2 Å². The van der Waals surface area contributed by atoms with Crippen molar-refractivity contribution in [3.63, 3.8) is 0 Å². The van der Waals surface area contributed by atoms with Crippen LogP contribution in [0.2, 0.25) is 0 Å². The van der Waals surface area contributed by atoms with Crippen LogP contribution in [0.3, 0.4) is 0 Å². The summed E-state index contributed by atoms with van der Waals surface area (Å²) in [5, 5.41) is 0.730. The summed E-state index contributed by atoms with van der Waals surface area (Å²) in [4.78, 5) is 0. The molecule has 0 saturated carbocycles. The second kappa shape index (κ2) is 10.3. The summed E-state index contributed by atoms with van der Waals surface area (Å²) in [5.41, 5.74) is -6.50. The van der Waals surface area contributed by atoms with Crippen molar-refractivity contribution < 1.29 is 40.6 Å². The number of allylic oxidation sites excluding steroid dienone is 1. The molecule has 1 aliphatic carbocycles. The van der Waals surface area contributed by atoms with Crippen molar-refractivity contribution >= 4 is 16.3 Å². The predicted octanol–water partition coefficient (Wildman–Crippen LogP) is 10.4. The SMILES string of the molecule is COc1ccc(C2(c3ccccc3)Oc3c(c4c(c5ccc(OC)cc35)-c3ccccc3C4(C)C)C(C(F)(F)F)=C2C(F)(F)F)cc1. The Labute approximate surface area is 267 Å². The molecule has 5 aromatic carbocycles. The molecule has 1 atom stereocenters. The van der Waals surface area contributed by atoms with Crippen LogP contribution < -0.4 is 14.2 Å². The second-order valence-corrected chi connectivity index (χ2v) is 12.2. The van der Waals surface area contributed by atoms with Gasteiger partial charge >= 0.3 is 12.4 Å². The van der Waals surface area contributed by atoms with Crippen molar-refractivity contribution in [3.8, 4) is 28.4 Å². The zero-order valence-electron chi connectivity index (χ0n) is 25.7. The van der Waals surface area contributed by atoms with E-state index in [-0.39, 0.29) is 27.8 Å². The van der Waals surface area contributed by atoms with Gasteiger partial charge in [0.1, 0.15) is 17.2 Å². The largest absolute Gasteiger partial charge is 0.497 e. The molecule has 7 rings (SSSR count). The molecule has 0 fully saturated rings. The number of methoxy groups -OCH3 is 2. The van der Waals surface area contributed by atoms with Crippen LogP contribution in [0.15, 0.2) is 103 Å². The van der Waals surface area contributed by atoms with Gasteiger partial charge in [0.15, 0.2) is 5.60 Å². The standard InChI is InChI=1S/C38H28F6O3/c1-35(2)28-13-9-8-12-26(28)29-25-19-18-24(46-4)20-27(25)33-30(31(29)35)32(37(39,40)41)34(38(42,43)44)36(47-33,21-10-6-5-7-11-21)22-14-16-23(45-3)17-15-22/h5-20H,1-4H3. The minimum atomic E-state index is -5.50. The third-order valence-electron chi connectivity index (χ3n) is 9.31. The Morgan fingerprint density at radius 1 is 0.617 bits per heavy atom. The number of hydrogen-bond acceptors (Lipinski definition) is 3. The molecule has 1 unspecified atom stereocenters. The smallest absolute Gasteiger partial charge is 0.417 e. The van der Waals surface area contributed by atoms with Gasteiger partial charge in [0.25, 0.3) is 0 Å². The normalized spacial score (nSPS) is 18.3. The molecule has 1 heterocycles. The average molecular weight is 647 g/mol. The van der Waals surface area contributed by atoms with Crippen LogP contribution in [0.1, 0.15) is 41.7 Å². The lowest BCUT2D eigenvalue weighted by molar-refractivity contribution is -0.122. The third kappa shape index (κ3) is 4.35. The molecule has 0 amide bonds. The molecule has 240 valence electrons. The summed E-state index contributed by atoms with van der Waals surface area (Å²) in [6.07, 6.45) is -11.0. The van der Waals surface area contributed by atoms with E-state index in [0.717, 1.165) is 0 Å². The highest BCUT2D eigenvalue weighted by atomic mass is 19.4. The molecule has 3 nitrogen and oxygen atoms in total. The Bertz CT molecular complexity index is 2080. The van der Waals surface area contributed by atoms with Gasteiger partial charge in [-0.3, -0.25) is 0 Å². The van der Waals surface area contributed by atoms with Crippen LogP contribution in [0.25, 0.3) is 27.5 Å². The summed E-state index contributed by atoms with van der Waals surface area (Å²) in [5.74, 6) is 0.315. The zero-order chi connectivity index (χ0) is 33.5. The lowest BCUT2D eigenvalue weighted by Gasteiger charge is -2.45. The van der Waals surface area contributed by atoms with Crippen LogP contribution in [0.4, 0.5) is 26.3 Å². The highest BCUT2D eigenvalue weighted by Crippen LogP contribution is 2.65. The molecule has 0 radical (unpaired) electrons. The fourth-order valence-electron chi connectivity index (χ4n) is 7.40. The van der Waals surface area contributed by atoms with Gasteiger partial charge in [0, 0.05) is 27.5 Å². The molecule has 5 aromatic rings. The number of fused-ring (bicyclic) bond motifs is 8. The van der Waals surface area contributed by atoms with E-state index in [2.05, 4.69) is 0 Å². The molecule has 2 aliphatic rings. The summed E-state index contributed by atoms with van der Waals surface area (Å²) >= 11 is 0. The van der Waals surface area contributed by atoms with E-state index >= 15 is 26.3 Å². The molecule has 0 saturated heterocycles. The first-order valence-corrected chi connectivity index (χ1v) is 14.8. The minimum absolute atomic E-state index is 0.121. The van der Waals surface area contributed by atoms with Crippen LogP contribution >= 0.6 is 0 Å². The van der Waals surface area contributed by atoms with Gasteiger partial charge in [-0.2, -0.15) is 26.3 Å². The first-order valence-electron chi connectivity index (χ1n) is 14.8. The Morgan fingerprint density at radius 3 is 1.83 bits per heavy atom. The van der Waals surface area contributed by atoms with Gasteiger partial charge in [0.2, 0.25) is 0 Å². The molecule has 1 aliphatic heterocycles. The maximum atomic E-state index is 15.8. The number of halogens is 6. The van der Waals surface area contributed by atoms with Crippen LogP contribution in [0.5, 0.6) is 17.2 Å². The Balaban J connectivity index is 1.77. The van der Waals surface area contributed by atoms with Gasteiger partial charge in [0.05, 0.1) is 25.4 Å². The molecular formula is C38H28F6O3.